The number of aryl methyl sites for hydroxylation is 1. The highest BCUT2D eigenvalue weighted by molar-refractivity contribution is 7.93. The van der Waals surface area contributed by atoms with Crippen molar-refractivity contribution in [3.05, 3.63) is 42.2 Å². The first-order valence-corrected chi connectivity index (χ1v) is 8.95. The van der Waals surface area contributed by atoms with Crippen molar-refractivity contribution in [3.8, 4) is 0 Å². The van der Waals surface area contributed by atoms with Gasteiger partial charge in [-0.15, -0.1) is 0 Å². The summed E-state index contributed by atoms with van der Waals surface area (Å²) in [5, 5.41) is -0.279. The van der Waals surface area contributed by atoms with Gasteiger partial charge >= 0.3 is 0 Å². The van der Waals surface area contributed by atoms with Crippen molar-refractivity contribution in [1.29, 1.82) is 0 Å². The molecule has 1 aromatic heterocycles. The zero-order valence-corrected chi connectivity index (χ0v) is 12.5. The Labute approximate surface area is 117 Å². The fourth-order valence-corrected chi connectivity index (χ4v) is 3.55. The lowest BCUT2D eigenvalue weighted by Gasteiger charge is -2.11. The van der Waals surface area contributed by atoms with Crippen molar-refractivity contribution >= 4 is 25.5 Å². The SMILES string of the molecule is Cc1ccc(S(C)(=O)=O)c(NS(=O)(=O)c2ccco2)c1. The molecule has 108 valence electrons. The lowest BCUT2D eigenvalue weighted by molar-refractivity contribution is 0.452. The highest BCUT2D eigenvalue weighted by Crippen LogP contribution is 2.25. The molecular weight excluding hydrogens is 302 g/mol. The number of hydrogen-bond donors (Lipinski definition) is 1. The van der Waals surface area contributed by atoms with E-state index in [9.17, 15) is 16.8 Å². The minimum Gasteiger partial charge on any atom is -0.451 e. The molecule has 0 bridgehead atoms. The lowest BCUT2D eigenvalue weighted by Crippen LogP contribution is -2.15. The largest absolute Gasteiger partial charge is 0.451 e. The molecule has 2 rings (SSSR count). The monoisotopic (exact) mass is 315 g/mol. The number of benzene rings is 1. The molecule has 8 heteroatoms. The van der Waals surface area contributed by atoms with E-state index >= 15 is 0 Å². The van der Waals surface area contributed by atoms with Gasteiger partial charge < -0.3 is 4.42 Å². The highest BCUT2D eigenvalue weighted by Gasteiger charge is 2.21. The van der Waals surface area contributed by atoms with Crippen LogP contribution in [0.4, 0.5) is 5.69 Å². The Balaban J connectivity index is 2.52. The van der Waals surface area contributed by atoms with Gasteiger partial charge in [-0.25, -0.2) is 8.42 Å². The van der Waals surface area contributed by atoms with Crippen molar-refractivity contribution in [2.45, 2.75) is 16.9 Å². The molecule has 2 aromatic rings. The van der Waals surface area contributed by atoms with Crippen molar-refractivity contribution in [2.24, 2.45) is 0 Å². The van der Waals surface area contributed by atoms with E-state index in [2.05, 4.69) is 4.72 Å². The van der Waals surface area contributed by atoms with Crippen LogP contribution >= 0.6 is 0 Å². The average molecular weight is 315 g/mol. The molecule has 0 unspecified atom stereocenters. The second-order valence-electron chi connectivity index (χ2n) is 4.31. The molecular formula is C12H13NO5S2. The maximum atomic E-state index is 12.1. The van der Waals surface area contributed by atoms with E-state index in [0.29, 0.717) is 0 Å². The van der Waals surface area contributed by atoms with Gasteiger partial charge in [0.1, 0.15) is 0 Å². The minimum atomic E-state index is -3.95. The predicted molar refractivity (Wildman–Crippen MR) is 73.8 cm³/mol. The quantitative estimate of drug-likeness (QED) is 0.928. The van der Waals surface area contributed by atoms with E-state index < -0.39 is 19.9 Å². The number of sulfonamides is 1. The van der Waals surface area contributed by atoms with E-state index in [1.807, 2.05) is 0 Å². The minimum absolute atomic E-state index is 0.00361. The Morgan fingerprint density at radius 1 is 1.10 bits per heavy atom. The zero-order chi connectivity index (χ0) is 15.0. The molecule has 0 atom stereocenters. The van der Waals surface area contributed by atoms with Crippen molar-refractivity contribution in [3.63, 3.8) is 0 Å². The summed E-state index contributed by atoms with van der Waals surface area (Å²) in [6, 6.07) is 7.13. The van der Waals surface area contributed by atoms with Crippen LogP contribution in [0, 0.1) is 6.92 Å². The molecule has 1 aromatic carbocycles. The Bertz CT molecular complexity index is 821. The van der Waals surface area contributed by atoms with Crippen molar-refractivity contribution in [2.75, 3.05) is 11.0 Å². The normalized spacial score (nSPS) is 12.3. The van der Waals surface area contributed by atoms with Gasteiger partial charge in [0.05, 0.1) is 16.8 Å². The first-order chi connectivity index (χ1) is 9.20. The number of sulfone groups is 1. The van der Waals surface area contributed by atoms with Gasteiger partial charge in [0, 0.05) is 6.26 Å². The van der Waals surface area contributed by atoms with Gasteiger partial charge in [-0.05, 0) is 36.8 Å². The van der Waals surface area contributed by atoms with Gasteiger partial charge in [0.2, 0.25) is 5.09 Å². The third-order valence-corrected chi connectivity index (χ3v) is 4.94. The maximum absolute atomic E-state index is 12.1. The van der Waals surface area contributed by atoms with Crippen LogP contribution in [0.15, 0.2) is 51.0 Å². The summed E-state index contributed by atoms with van der Waals surface area (Å²) < 4.78 is 54.5. The predicted octanol–water partition coefficient (Wildman–Crippen LogP) is 1.79. The summed E-state index contributed by atoms with van der Waals surface area (Å²) in [6.45, 7) is 1.73. The number of anilines is 1. The summed E-state index contributed by atoms with van der Waals surface area (Å²) >= 11 is 0. The number of rotatable bonds is 4. The molecule has 0 aliphatic heterocycles. The van der Waals surface area contributed by atoms with E-state index in [4.69, 9.17) is 4.42 Å². The zero-order valence-electron chi connectivity index (χ0n) is 10.8. The summed E-state index contributed by atoms with van der Waals surface area (Å²) in [5.41, 5.74) is 0.735. The third kappa shape index (κ3) is 3.02. The van der Waals surface area contributed by atoms with Gasteiger partial charge in [-0.3, -0.25) is 4.72 Å². The fraction of sp³-hybridized carbons (Fsp3) is 0.167. The molecule has 0 aliphatic carbocycles. The van der Waals surface area contributed by atoms with Crippen molar-refractivity contribution < 1.29 is 21.3 Å². The first-order valence-electron chi connectivity index (χ1n) is 5.57. The second-order valence-corrected chi connectivity index (χ2v) is 7.91. The number of hydrogen-bond acceptors (Lipinski definition) is 5. The Morgan fingerprint density at radius 3 is 2.35 bits per heavy atom. The summed E-state index contributed by atoms with van der Waals surface area (Å²) in [4.78, 5) is -0.0850. The summed E-state index contributed by atoms with van der Waals surface area (Å²) in [7, 11) is -7.50. The Morgan fingerprint density at radius 2 is 1.80 bits per heavy atom. The fourth-order valence-electron chi connectivity index (χ4n) is 1.66. The average Bonchev–Trinajstić information content (AvgIpc) is 2.80. The van der Waals surface area contributed by atoms with E-state index in [1.54, 1.807) is 13.0 Å². The molecule has 0 aliphatic rings. The molecule has 0 saturated carbocycles. The molecule has 1 heterocycles. The highest BCUT2D eigenvalue weighted by atomic mass is 32.2. The van der Waals surface area contributed by atoms with Gasteiger partial charge in [0.25, 0.3) is 10.0 Å². The molecule has 0 radical (unpaired) electrons. The number of nitrogens with one attached hydrogen (secondary N) is 1. The molecule has 1 N–H and O–H groups in total. The molecule has 0 saturated heterocycles. The lowest BCUT2D eigenvalue weighted by atomic mass is 10.2. The van der Waals surface area contributed by atoms with Crippen LogP contribution in [0.3, 0.4) is 0 Å². The molecule has 6 nitrogen and oxygen atoms in total. The third-order valence-electron chi connectivity index (χ3n) is 2.54. The smallest absolute Gasteiger partial charge is 0.295 e. The van der Waals surface area contributed by atoms with Crippen LogP contribution in [-0.2, 0) is 19.9 Å². The Hall–Kier alpha value is -1.80. The van der Waals surface area contributed by atoms with Gasteiger partial charge in [-0.1, -0.05) is 6.07 Å². The number of furan rings is 1. The van der Waals surface area contributed by atoms with E-state index in [-0.39, 0.29) is 15.7 Å². The maximum Gasteiger partial charge on any atom is 0.295 e. The Kier molecular flexibility index (Phi) is 3.61. The van der Waals surface area contributed by atoms with Crippen molar-refractivity contribution in [1.82, 2.24) is 0 Å². The van der Waals surface area contributed by atoms with Gasteiger partial charge in [0.15, 0.2) is 9.84 Å². The van der Waals surface area contributed by atoms with Crippen LogP contribution in [-0.4, -0.2) is 23.1 Å². The van der Waals surface area contributed by atoms with E-state index in [0.717, 1.165) is 11.8 Å². The van der Waals surface area contributed by atoms with Crippen LogP contribution in [0.1, 0.15) is 5.56 Å². The molecule has 0 fully saturated rings. The van der Waals surface area contributed by atoms with Crippen LogP contribution in [0.25, 0.3) is 0 Å². The first kappa shape index (κ1) is 14.6. The molecule has 0 spiro atoms. The molecule has 20 heavy (non-hydrogen) atoms. The molecule has 0 amide bonds. The topological polar surface area (TPSA) is 93.5 Å². The summed E-state index contributed by atoms with van der Waals surface area (Å²) in [6.07, 6.45) is 2.24. The standard InChI is InChI=1S/C12H13NO5S2/c1-9-5-6-11(19(2,14)15)10(8-9)13-20(16,17)12-4-3-7-18-12/h3-8,13H,1-2H3. The van der Waals surface area contributed by atoms with Gasteiger partial charge in [-0.2, -0.15) is 8.42 Å². The van der Waals surface area contributed by atoms with E-state index in [1.165, 1.54) is 30.5 Å². The van der Waals surface area contributed by atoms with Crippen LogP contribution < -0.4 is 4.72 Å². The summed E-state index contributed by atoms with van der Waals surface area (Å²) in [5.74, 6) is 0. The van der Waals surface area contributed by atoms with Crippen LogP contribution in [0.5, 0.6) is 0 Å². The second kappa shape index (κ2) is 4.95. The van der Waals surface area contributed by atoms with Crippen LogP contribution in [0.2, 0.25) is 0 Å².